The maximum atomic E-state index is 12.6. The number of quaternary nitrogens is 1. The third kappa shape index (κ3) is 40.2. The number of hydrogen-bond acceptors (Lipinski definition) is 6. The molecule has 2 unspecified atom stereocenters. The molecule has 1 N–H and O–H groups in total. The number of rotatable bonds is 34. The monoisotopic (exact) mass is 759 g/mol. The minimum Gasteiger partial charge on any atom is -0.457 e. The van der Waals surface area contributed by atoms with Crippen LogP contribution in [0.2, 0.25) is 0 Å². The molecule has 0 rings (SSSR count). The zero-order valence-electron chi connectivity index (χ0n) is 33.7. The molecule has 0 aliphatic heterocycles. The van der Waals surface area contributed by atoms with Crippen molar-refractivity contribution >= 4 is 13.8 Å². The van der Waals surface area contributed by atoms with Gasteiger partial charge in [0.2, 0.25) is 0 Å². The fourth-order valence-electron chi connectivity index (χ4n) is 4.35. The van der Waals surface area contributed by atoms with Crippen LogP contribution >= 0.6 is 7.82 Å². The first-order valence-corrected chi connectivity index (χ1v) is 21.1. The molecule has 300 valence electrons. The van der Waals surface area contributed by atoms with Crippen LogP contribution in [-0.4, -0.2) is 75.6 Å². The Balaban J connectivity index is 4.50. The van der Waals surface area contributed by atoms with Gasteiger partial charge in [-0.3, -0.25) is 13.8 Å². The third-order valence-corrected chi connectivity index (χ3v) is 8.33. The average molecular weight is 759 g/mol. The van der Waals surface area contributed by atoms with E-state index in [4.69, 9.17) is 18.5 Å². The number of ether oxygens (including phenoxy) is 2. The Hall–Kier alpha value is -2.84. The Bertz CT molecular complexity index is 1200. The largest absolute Gasteiger partial charge is 0.472 e. The van der Waals surface area contributed by atoms with Crippen molar-refractivity contribution < 1.29 is 37.3 Å². The maximum absolute atomic E-state index is 12.6. The fourth-order valence-corrected chi connectivity index (χ4v) is 5.10. The molecular formula is C44H73NO7P+. The van der Waals surface area contributed by atoms with Gasteiger partial charge in [-0.05, 0) is 83.5 Å². The number of nitrogens with zero attached hydrogens (tertiary/aromatic N) is 1. The Labute approximate surface area is 323 Å². The Kier molecular flexibility index (Phi) is 34.2. The quantitative estimate of drug-likeness (QED) is 0.0230. The zero-order chi connectivity index (χ0) is 39.1. The van der Waals surface area contributed by atoms with Crippen molar-refractivity contribution in [1.82, 2.24) is 0 Å². The predicted molar refractivity (Wildman–Crippen MR) is 224 cm³/mol. The van der Waals surface area contributed by atoms with Crippen molar-refractivity contribution in [2.75, 3.05) is 54.1 Å². The van der Waals surface area contributed by atoms with Crippen molar-refractivity contribution in [3.05, 3.63) is 109 Å². The van der Waals surface area contributed by atoms with Crippen LogP contribution in [0.3, 0.4) is 0 Å². The van der Waals surface area contributed by atoms with Crippen molar-refractivity contribution in [3.63, 3.8) is 0 Å². The van der Waals surface area contributed by atoms with Gasteiger partial charge in [0.1, 0.15) is 19.3 Å². The molecule has 0 saturated carbocycles. The Morgan fingerprint density at radius 3 is 1.47 bits per heavy atom. The smallest absolute Gasteiger partial charge is 0.457 e. The lowest BCUT2D eigenvalue weighted by Gasteiger charge is -2.24. The van der Waals surface area contributed by atoms with Crippen LogP contribution in [0.25, 0.3) is 0 Å². The van der Waals surface area contributed by atoms with Gasteiger partial charge in [0.25, 0.3) is 0 Å². The number of carbonyl (C=O) groups excluding carboxylic acids is 1. The molecule has 0 spiro atoms. The predicted octanol–water partition coefficient (Wildman–Crippen LogP) is 11.3. The van der Waals surface area contributed by atoms with E-state index >= 15 is 0 Å². The van der Waals surface area contributed by atoms with Crippen LogP contribution < -0.4 is 0 Å². The van der Waals surface area contributed by atoms with Crippen LogP contribution in [-0.2, 0) is 27.9 Å². The molecule has 8 nitrogen and oxygen atoms in total. The summed E-state index contributed by atoms with van der Waals surface area (Å²) in [6.07, 6.45) is 50.1. The first kappa shape index (κ1) is 50.2. The number of phosphoric ester groups is 1. The molecule has 0 saturated heterocycles. The van der Waals surface area contributed by atoms with Gasteiger partial charge >= 0.3 is 13.8 Å². The van der Waals surface area contributed by atoms with Gasteiger partial charge in [-0.2, -0.15) is 0 Å². The molecule has 53 heavy (non-hydrogen) atoms. The first-order chi connectivity index (χ1) is 25.6. The van der Waals surface area contributed by atoms with E-state index in [0.717, 1.165) is 77.0 Å². The standard InChI is InChI=1S/C44H72NO7P/c1-6-8-10-12-14-16-18-20-21-22-23-24-26-28-30-32-34-36-39-49-41-43(42-51-53(47,48)50-40-38-45(3,4)5)52-44(46)37-35-33-31-29-27-25-19-17-15-13-11-9-7-2/h8-11,14-17,20-21,23-25,27-28,30-31,33,43H,6-7,12-13,18-19,22,26,29,32,34-42H2,1-5H3/p+1/b10-8-,11-9-,16-14-,17-15-,21-20-,24-23-,27-25-,30-28-,33-31-. The van der Waals surface area contributed by atoms with Crippen molar-refractivity contribution in [2.24, 2.45) is 0 Å². The van der Waals surface area contributed by atoms with Gasteiger partial charge in [-0.1, -0.05) is 123 Å². The molecule has 0 aromatic heterocycles. The second-order valence-electron chi connectivity index (χ2n) is 13.5. The number of allylic oxidation sites excluding steroid dienone is 18. The summed E-state index contributed by atoms with van der Waals surface area (Å²) in [7, 11) is 1.57. The normalized spacial score (nSPS) is 15.1. The molecule has 0 amide bonds. The fraction of sp³-hybridized carbons (Fsp3) is 0.568. The van der Waals surface area contributed by atoms with Gasteiger partial charge in [0.15, 0.2) is 0 Å². The number of likely N-dealkylation sites (N-methyl/N-ethyl adjacent to an activating group) is 1. The van der Waals surface area contributed by atoms with Crippen molar-refractivity contribution in [1.29, 1.82) is 0 Å². The SMILES string of the molecule is CC/C=C\C/C=C\C/C=C\C/C=C\C/C=C\CCCCOCC(COP(=O)(O)OCC[N+](C)(C)C)OC(=O)CC/C=C\C/C=C\C/C=C\C/C=C\CC. The maximum Gasteiger partial charge on any atom is 0.472 e. The van der Waals surface area contributed by atoms with E-state index in [0.29, 0.717) is 24.1 Å². The van der Waals surface area contributed by atoms with E-state index < -0.39 is 19.9 Å². The summed E-state index contributed by atoms with van der Waals surface area (Å²) in [4.78, 5) is 22.7. The molecule has 0 aromatic rings. The van der Waals surface area contributed by atoms with Crippen LogP contribution in [0.5, 0.6) is 0 Å². The average Bonchev–Trinajstić information content (AvgIpc) is 3.11. The summed E-state index contributed by atoms with van der Waals surface area (Å²) in [5.41, 5.74) is 0. The van der Waals surface area contributed by atoms with E-state index in [9.17, 15) is 14.3 Å². The highest BCUT2D eigenvalue weighted by Crippen LogP contribution is 2.43. The third-order valence-electron chi connectivity index (χ3n) is 7.34. The molecule has 2 atom stereocenters. The van der Waals surface area contributed by atoms with Crippen LogP contribution in [0.4, 0.5) is 0 Å². The summed E-state index contributed by atoms with van der Waals surface area (Å²) in [6, 6.07) is 0. The zero-order valence-corrected chi connectivity index (χ0v) is 34.6. The highest BCUT2D eigenvalue weighted by Gasteiger charge is 2.26. The molecule has 0 heterocycles. The van der Waals surface area contributed by atoms with E-state index in [1.807, 2.05) is 33.3 Å². The lowest BCUT2D eigenvalue weighted by molar-refractivity contribution is -0.870. The van der Waals surface area contributed by atoms with Gasteiger partial charge < -0.3 is 18.9 Å². The number of unbranched alkanes of at least 4 members (excludes halogenated alkanes) is 2. The van der Waals surface area contributed by atoms with E-state index in [2.05, 4.69) is 111 Å². The number of phosphoric acid groups is 1. The summed E-state index contributed by atoms with van der Waals surface area (Å²) < 4.78 is 34.7. The minimum atomic E-state index is -4.31. The molecule has 0 radical (unpaired) electrons. The van der Waals surface area contributed by atoms with Gasteiger partial charge in [0.05, 0.1) is 34.4 Å². The van der Waals surface area contributed by atoms with Crippen LogP contribution in [0.1, 0.15) is 104 Å². The summed E-state index contributed by atoms with van der Waals surface area (Å²) in [5, 5.41) is 0. The number of hydrogen-bond donors (Lipinski definition) is 1. The molecule has 0 bridgehead atoms. The lowest BCUT2D eigenvalue weighted by Crippen LogP contribution is -2.37. The van der Waals surface area contributed by atoms with Crippen LogP contribution in [0, 0.1) is 0 Å². The molecule has 0 fully saturated rings. The molecule has 0 aliphatic carbocycles. The summed E-state index contributed by atoms with van der Waals surface area (Å²) in [5.74, 6) is -0.415. The Morgan fingerprint density at radius 2 is 1.02 bits per heavy atom. The Morgan fingerprint density at radius 1 is 0.585 bits per heavy atom. The van der Waals surface area contributed by atoms with E-state index in [-0.39, 0.29) is 26.2 Å². The number of esters is 1. The summed E-state index contributed by atoms with van der Waals surface area (Å²) in [6.45, 7) is 5.12. The van der Waals surface area contributed by atoms with Gasteiger partial charge in [0, 0.05) is 13.0 Å². The van der Waals surface area contributed by atoms with Crippen LogP contribution in [0.15, 0.2) is 109 Å². The van der Waals surface area contributed by atoms with Crippen molar-refractivity contribution in [3.8, 4) is 0 Å². The first-order valence-electron chi connectivity index (χ1n) is 19.6. The second kappa shape index (κ2) is 36.2. The van der Waals surface area contributed by atoms with Crippen molar-refractivity contribution in [2.45, 2.75) is 110 Å². The van der Waals surface area contributed by atoms with E-state index in [1.165, 1.54) is 0 Å². The van der Waals surface area contributed by atoms with E-state index in [1.54, 1.807) is 0 Å². The van der Waals surface area contributed by atoms with Gasteiger partial charge in [-0.15, -0.1) is 0 Å². The summed E-state index contributed by atoms with van der Waals surface area (Å²) >= 11 is 0. The van der Waals surface area contributed by atoms with Gasteiger partial charge in [-0.25, -0.2) is 4.57 Å². The highest BCUT2D eigenvalue weighted by molar-refractivity contribution is 7.47. The molecular weight excluding hydrogens is 685 g/mol. The number of carbonyl (C=O) groups is 1. The lowest BCUT2D eigenvalue weighted by atomic mass is 10.2. The molecule has 9 heteroatoms. The minimum absolute atomic E-state index is 0.0605. The molecule has 0 aromatic carbocycles. The highest BCUT2D eigenvalue weighted by atomic mass is 31.2. The topological polar surface area (TPSA) is 91.3 Å². The second-order valence-corrected chi connectivity index (χ2v) is 15.0. The molecule has 0 aliphatic rings.